The average molecular weight is 495 g/mol. The van der Waals surface area contributed by atoms with E-state index in [4.69, 9.17) is 0 Å². The molecule has 0 heterocycles. The lowest BCUT2D eigenvalue weighted by Gasteiger charge is -2.30. The van der Waals surface area contributed by atoms with E-state index in [1.165, 1.54) is 6.07 Å². The summed E-state index contributed by atoms with van der Waals surface area (Å²) in [5, 5.41) is 7.06. The highest BCUT2D eigenvalue weighted by Gasteiger charge is 2.26. The standard InChI is InChI=1S/C19H30FN3OS.HI/c1-4-21-19(22-13-15-9-10-18(20)14(3)11-15)23-16-7-6-8-17(12-16)25(24)5-2;/h9-11,16-17H,4-8,12-13H2,1-3H3,(H2,21,22,23);1H. The first kappa shape index (κ1) is 23.3. The number of hydrogen-bond donors (Lipinski definition) is 2. The van der Waals surface area contributed by atoms with Gasteiger partial charge in [0.05, 0.1) is 6.54 Å². The second-order valence-corrected chi connectivity index (χ2v) is 8.58. The van der Waals surface area contributed by atoms with E-state index in [0.29, 0.717) is 23.4 Å². The predicted octanol–water partition coefficient (Wildman–Crippen LogP) is 3.89. The molecule has 0 aliphatic heterocycles. The Balaban J connectivity index is 0.00000338. The van der Waals surface area contributed by atoms with Crippen molar-refractivity contribution in [2.75, 3.05) is 12.3 Å². The molecule has 3 unspecified atom stereocenters. The molecule has 1 saturated carbocycles. The second-order valence-electron chi connectivity index (χ2n) is 6.58. The molecule has 0 saturated heterocycles. The van der Waals surface area contributed by atoms with Crippen LogP contribution in [-0.2, 0) is 17.3 Å². The zero-order valence-corrected chi connectivity index (χ0v) is 19.0. The molecule has 1 aliphatic carbocycles. The van der Waals surface area contributed by atoms with Crippen LogP contribution in [0.1, 0.15) is 50.7 Å². The molecule has 1 aromatic rings. The maximum atomic E-state index is 13.4. The first-order valence-corrected chi connectivity index (χ1v) is 10.6. The number of benzene rings is 1. The van der Waals surface area contributed by atoms with Crippen LogP contribution in [0.15, 0.2) is 23.2 Å². The molecule has 0 bridgehead atoms. The fourth-order valence-electron chi connectivity index (χ4n) is 3.24. The van der Waals surface area contributed by atoms with Crippen molar-refractivity contribution >= 4 is 40.7 Å². The van der Waals surface area contributed by atoms with Gasteiger partial charge in [0, 0.05) is 34.4 Å². The van der Waals surface area contributed by atoms with E-state index < -0.39 is 10.8 Å². The van der Waals surface area contributed by atoms with E-state index in [-0.39, 0.29) is 29.8 Å². The number of hydrogen-bond acceptors (Lipinski definition) is 2. The van der Waals surface area contributed by atoms with Gasteiger partial charge < -0.3 is 10.6 Å². The fourth-order valence-corrected chi connectivity index (χ4v) is 4.59. The van der Waals surface area contributed by atoms with Gasteiger partial charge in [-0.25, -0.2) is 9.38 Å². The lowest BCUT2D eigenvalue weighted by atomic mass is 9.95. The van der Waals surface area contributed by atoms with E-state index >= 15 is 0 Å². The van der Waals surface area contributed by atoms with Crippen molar-refractivity contribution in [1.29, 1.82) is 0 Å². The zero-order valence-electron chi connectivity index (χ0n) is 15.9. The number of nitrogens with zero attached hydrogens (tertiary/aromatic N) is 1. The summed E-state index contributed by atoms with van der Waals surface area (Å²) in [7, 11) is -0.727. The molecule has 1 aliphatic rings. The Bertz CT molecular complexity index is 627. The van der Waals surface area contributed by atoms with Crippen LogP contribution in [0.5, 0.6) is 0 Å². The largest absolute Gasteiger partial charge is 0.357 e. The van der Waals surface area contributed by atoms with Crippen LogP contribution >= 0.6 is 24.0 Å². The molecule has 1 aromatic carbocycles. The third kappa shape index (κ3) is 7.13. The summed E-state index contributed by atoms with van der Waals surface area (Å²) in [6, 6.07) is 5.41. The quantitative estimate of drug-likeness (QED) is 0.358. The minimum absolute atomic E-state index is 0. The van der Waals surface area contributed by atoms with Gasteiger partial charge in [0.1, 0.15) is 5.82 Å². The molecule has 0 spiro atoms. The molecule has 26 heavy (non-hydrogen) atoms. The normalized spacial score (nSPS) is 21.6. The molecule has 0 amide bonds. The smallest absolute Gasteiger partial charge is 0.191 e. The van der Waals surface area contributed by atoms with Crippen molar-refractivity contribution in [3.8, 4) is 0 Å². The number of rotatable bonds is 6. The molecule has 1 fully saturated rings. The van der Waals surface area contributed by atoms with Gasteiger partial charge in [-0.3, -0.25) is 4.21 Å². The van der Waals surface area contributed by atoms with Crippen molar-refractivity contribution in [3.05, 3.63) is 35.1 Å². The van der Waals surface area contributed by atoms with E-state index in [2.05, 4.69) is 15.6 Å². The van der Waals surface area contributed by atoms with Gasteiger partial charge in [0.2, 0.25) is 0 Å². The Hall–Kier alpha value is -0.700. The highest BCUT2D eigenvalue weighted by atomic mass is 127. The molecule has 148 valence electrons. The van der Waals surface area contributed by atoms with Gasteiger partial charge in [-0.1, -0.05) is 25.5 Å². The Labute approximate surface area is 176 Å². The van der Waals surface area contributed by atoms with Crippen LogP contribution in [0.2, 0.25) is 0 Å². The molecular formula is C19H31FIN3OS. The summed E-state index contributed by atoms with van der Waals surface area (Å²) in [5.74, 6) is 1.32. The first-order chi connectivity index (χ1) is 12.0. The van der Waals surface area contributed by atoms with Crippen LogP contribution in [0, 0.1) is 12.7 Å². The van der Waals surface area contributed by atoms with Crippen molar-refractivity contribution in [1.82, 2.24) is 10.6 Å². The number of nitrogens with one attached hydrogen (secondary N) is 2. The summed E-state index contributed by atoms with van der Waals surface area (Å²) in [5.41, 5.74) is 1.63. The van der Waals surface area contributed by atoms with Crippen molar-refractivity contribution in [2.45, 2.75) is 64.3 Å². The van der Waals surface area contributed by atoms with E-state index in [1.54, 1.807) is 13.0 Å². The molecule has 4 nitrogen and oxygen atoms in total. The van der Waals surface area contributed by atoms with Gasteiger partial charge in [-0.2, -0.15) is 0 Å². The number of aliphatic imine (C=N–C) groups is 1. The zero-order chi connectivity index (χ0) is 18.2. The first-order valence-electron chi connectivity index (χ1n) is 9.20. The third-order valence-corrected chi connectivity index (χ3v) is 6.35. The Morgan fingerprint density at radius 1 is 1.35 bits per heavy atom. The summed E-state index contributed by atoms with van der Waals surface area (Å²) < 4.78 is 25.5. The van der Waals surface area contributed by atoms with Crippen molar-refractivity contribution in [3.63, 3.8) is 0 Å². The maximum Gasteiger partial charge on any atom is 0.191 e. The molecular weight excluding hydrogens is 464 g/mol. The van der Waals surface area contributed by atoms with E-state index in [0.717, 1.165) is 49.5 Å². The van der Waals surface area contributed by atoms with Gasteiger partial charge in [0.25, 0.3) is 0 Å². The van der Waals surface area contributed by atoms with Crippen molar-refractivity contribution in [2.24, 2.45) is 4.99 Å². The lowest BCUT2D eigenvalue weighted by molar-refractivity contribution is 0.413. The van der Waals surface area contributed by atoms with Gasteiger partial charge in [0.15, 0.2) is 5.96 Å². The minimum atomic E-state index is -0.727. The van der Waals surface area contributed by atoms with Gasteiger partial charge in [-0.15, -0.1) is 24.0 Å². The monoisotopic (exact) mass is 495 g/mol. The summed E-state index contributed by atoms with van der Waals surface area (Å²) >= 11 is 0. The van der Waals surface area contributed by atoms with Crippen LogP contribution in [0.4, 0.5) is 4.39 Å². The van der Waals surface area contributed by atoms with E-state index in [1.807, 2.05) is 19.9 Å². The highest BCUT2D eigenvalue weighted by molar-refractivity contribution is 14.0. The Morgan fingerprint density at radius 2 is 2.12 bits per heavy atom. The second kappa shape index (κ2) is 11.9. The fraction of sp³-hybridized carbons (Fsp3) is 0.632. The molecule has 2 rings (SSSR count). The van der Waals surface area contributed by atoms with Crippen LogP contribution in [0.3, 0.4) is 0 Å². The summed E-state index contributed by atoms with van der Waals surface area (Å²) in [6.45, 7) is 7.08. The number of aryl methyl sites for hydroxylation is 1. The molecule has 2 N–H and O–H groups in total. The van der Waals surface area contributed by atoms with E-state index in [9.17, 15) is 8.60 Å². The Morgan fingerprint density at radius 3 is 2.77 bits per heavy atom. The van der Waals surface area contributed by atoms with Crippen LogP contribution in [-0.4, -0.2) is 33.8 Å². The summed E-state index contributed by atoms with van der Waals surface area (Å²) in [6.07, 6.45) is 4.17. The lowest BCUT2D eigenvalue weighted by Crippen LogP contribution is -2.46. The average Bonchev–Trinajstić information content (AvgIpc) is 2.62. The number of guanidine groups is 1. The van der Waals surface area contributed by atoms with Gasteiger partial charge in [-0.05, 0) is 50.3 Å². The maximum absolute atomic E-state index is 13.4. The van der Waals surface area contributed by atoms with Crippen molar-refractivity contribution < 1.29 is 8.60 Å². The SMILES string of the molecule is CCNC(=NCc1ccc(F)c(C)c1)NC1CCCC(S(=O)CC)C1.I. The van der Waals surface area contributed by atoms with Crippen LogP contribution in [0.25, 0.3) is 0 Å². The number of halogens is 2. The minimum Gasteiger partial charge on any atom is -0.357 e. The molecule has 3 atom stereocenters. The molecule has 0 aromatic heterocycles. The topological polar surface area (TPSA) is 53.5 Å². The summed E-state index contributed by atoms with van der Waals surface area (Å²) in [4.78, 5) is 4.63. The van der Waals surface area contributed by atoms with Gasteiger partial charge >= 0.3 is 0 Å². The molecule has 7 heteroatoms. The highest BCUT2D eigenvalue weighted by Crippen LogP contribution is 2.23. The third-order valence-electron chi connectivity index (χ3n) is 4.61. The predicted molar refractivity (Wildman–Crippen MR) is 119 cm³/mol. The molecule has 0 radical (unpaired) electrons. The van der Waals surface area contributed by atoms with Crippen LogP contribution < -0.4 is 10.6 Å². The Kier molecular flexibility index (Phi) is 10.7.